The number of hydrogen-bond acceptors (Lipinski definition) is 3. The molecule has 11 heavy (non-hydrogen) atoms. The summed E-state index contributed by atoms with van der Waals surface area (Å²) in [6, 6.07) is 0.382. The number of thioether (sulfide) groups is 1. The monoisotopic (exact) mass is 175 g/mol. The van der Waals surface area contributed by atoms with Gasteiger partial charge in [-0.15, -0.1) is 0 Å². The number of rotatable bonds is 1. The number of carbonyl (C=O) groups excluding carboxylic acids is 1. The van der Waals surface area contributed by atoms with Gasteiger partial charge in [0.15, 0.2) is 0 Å². The molecular formula is C7H13NO2S. The molecule has 0 bridgehead atoms. The average Bonchev–Trinajstić information content (AvgIpc) is 2.53. The largest absolute Gasteiger partial charge is 0.453 e. The van der Waals surface area contributed by atoms with E-state index >= 15 is 0 Å². The van der Waals surface area contributed by atoms with E-state index in [0.29, 0.717) is 6.04 Å². The van der Waals surface area contributed by atoms with E-state index in [9.17, 15) is 4.79 Å². The highest BCUT2D eigenvalue weighted by atomic mass is 32.2. The highest BCUT2D eigenvalue weighted by Gasteiger charge is 2.23. The number of ether oxygens (including phenoxy) is 1. The Labute approximate surface area is 71.1 Å². The minimum Gasteiger partial charge on any atom is -0.453 e. The molecule has 0 unspecified atom stereocenters. The third-order valence-corrected chi connectivity index (χ3v) is 3.06. The number of hydrogen-bond donors (Lipinski definition) is 0. The molecular weight excluding hydrogens is 162 g/mol. The van der Waals surface area contributed by atoms with Crippen molar-refractivity contribution in [1.29, 1.82) is 0 Å². The van der Waals surface area contributed by atoms with E-state index < -0.39 is 0 Å². The highest BCUT2D eigenvalue weighted by molar-refractivity contribution is 7.99. The summed E-state index contributed by atoms with van der Waals surface area (Å²) in [6.07, 6.45) is 0.869. The third kappa shape index (κ3) is 2.02. The van der Waals surface area contributed by atoms with Gasteiger partial charge in [0.05, 0.1) is 7.11 Å². The fourth-order valence-corrected chi connectivity index (χ4v) is 2.39. The Bertz CT molecular complexity index is 145. The normalized spacial score (nSPS) is 23.3. The van der Waals surface area contributed by atoms with E-state index in [0.717, 1.165) is 17.9 Å². The van der Waals surface area contributed by atoms with Gasteiger partial charge >= 0.3 is 6.09 Å². The van der Waals surface area contributed by atoms with Crippen LogP contribution < -0.4 is 0 Å². The highest BCUT2D eigenvalue weighted by Crippen LogP contribution is 2.21. The standard InChI is InChI=1S/C7H13NO2S/c1-8(7(9)10-2)6-3-4-11-5-6/h6H,3-5H2,1-2H3/t6-/m0/s1. The van der Waals surface area contributed by atoms with Crippen molar-refractivity contribution in [3.8, 4) is 0 Å². The zero-order valence-corrected chi connectivity index (χ0v) is 7.69. The van der Waals surface area contributed by atoms with Gasteiger partial charge in [-0.3, -0.25) is 0 Å². The molecule has 1 fully saturated rings. The molecule has 0 aliphatic carbocycles. The molecule has 4 heteroatoms. The van der Waals surface area contributed by atoms with Crippen LogP contribution in [0.1, 0.15) is 6.42 Å². The topological polar surface area (TPSA) is 29.5 Å². The van der Waals surface area contributed by atoms with Crippen LogP contribution >= 0.6 is 11.8 Å². The summed E-state index contributed by atoms with van der Waals surface area (Å²) in [4.78, 5) is 12.7. The lowest BCUT2D eigenvalue weighted by molar-refractivity contribution is 0.121. The van der Waals surface area contributed by atoms with Gasteiger partial charge in [-0.25, -0.2) is 4.79 Å². The first-order valence-electron chi connectivity index (χ1n) is 3.64. The maximum atomic E-state index is 11.0. The molecule has 1 aliphatic rings. The molecule has 0 spiro atoms. The van der Waals surface area contributed by atoms with Crippen LogP contribution in [-0.2, 0) is 4.74 Å². The Morgan fingerprint density at radius 1 is 1.73 bits per heavy atom. The first-order valence-corrected chi connectivity index (χ1v) is 4.79. The van der Waals surface area contributed by atoms with Gasteiger partial charge in [-0.05, 0) is 12.2 Å². The molecule has 1 saturated heterocycles. The molecule has 0 radical (unpaired) electrons. The second-order valence-electron chi connectivity index (χ2n) is 2.60. The second kappa shape index (κ2) is 3.85. The molecule has 0 aromatic carbocycles. The SMILES string of the molecule is COC(=O)N(C)[C@H]1CCSC1. The minimum absolute atomic E-state index is 0.225. The van der Waals surface area contributed by atoms with Crippen molar-refractivity contribution in [2.75, 3.05) is 25.7 Å². The zero-order valence-electron chi connectivity index (χ0n) is 6.87. The van der Waals surface area contributed by atoms with Crippen LogP contribution in [0, 0.1) is 0 Å². The molecule has 0 aromatic rings. The summed E-state index contributed by atoms with van der Waals surface area (Å²) < 4.78 is 4.60. The molecule has 1 aliphatic heterocycles. The fourth-order valence-electron chi connectivity index (χ4n) is 1.12. The van der Waals surface area contributed by atoms with E-state index in [1.165, 1.54) is 7.11 Å². The van der Waals surface area contributed by atoms with E-state index in [2.05, 4.69) is 4.74 Å². The van der Waals surface area contributed by atoms with Crippen LogP contribution in [0.25, 0.3) is 0 Å². The van der Waals surface area contributed by atoms with Crippen LogP contribution in [0.15, 0.2) is 0 Å². The van der Waals surface area contributed by atoms with Gasteiger partial charge in [0.25, 0.3) is 0 Å². The predicted octanol–water partition coefficient (Wildman–Crippen LogP) is 1.19. The maximum Gasteiger partial charge on any atom is 0.409 e. The molecule has 3 nitrogen and oxygen atoms in total. The van der Waals surface area contributed by atoms with E-state index in [1.54, 1.807) is 11.9 Å². The predicted molar refractivity (Wildman–Crippen MR) is 45.9 cm³/mol. The maximum absolute atomic E-state index is 11.0. The van der Waals surface area contributed by atoms with Crippen molar-refractivity contribution < 1.29 is 9.53 Å². The molecule has 0 N–H and O–H groups in total. The van der Waals surface area contributed by atoms with Gasteiger partial charge in [0.2, 0.25) is 0 Å². The lowest BCUT2D eigenvalue weighted by Gasteiger charge is -2.21. The number of methoxy groups -OCH3 is 1. The van der Waals surface area contributed by atoms with Gasteiger partial charge in [-0.1, -0.05) is 0 Å². The number of carbonyl (C=O) groups is 1. The molecule has 1 atom stereocenters. The molecule has 0 saturated carbocycles. The molecule has 1 rings (SSSR count). The Kier molecular flexibility index (Phi) is 3.05. The fraction of sp³-hybridized carbons (Fsp3) is 0.857. The second-order valence-corrected chi connectivity index (χ2v) is 3.75. The lowest BCUT2D eigenvalue weighted by atomic mass is 10.2. The minimum atomic E-state index is -0.225. The molecule has 1 amide bonds. The summed E-state index contributed by atoms with van der Waals surface area (Å²) in [5.74, 6) is 2.21. The van der Waals surface area contributed by atoms with Crippen molar-refractivity contribution in [3.05, 3.63) is 0 Å². The average molecular weight is 175 g/mol. The summed E-state index contributed by atoms with van der Waals surface area (Å²) >= 11 is 1.89. The summed E-state index contributed by atoms with van der Waals surface area (Å²) in [5, 5.41) is 0. The first-order chi connectivity index (χ1) is 5.25. The molecule has 0 aromatic heterocycles. The first kappa shape index (κ1) is 8.71. The van der Waals surface area contributed by atoms with Gasteiger partial charge in [0.1, 0.15) is 0 Å². The Morgan fingerprint density at radius 2 is 2.45 bits per heavy atom. The van der Waals surface area contributed by atoms with Crippen LogP contribution in [-0.4, -0.2) is 42.7 Å². The van der Waals surface area contributed by atoms with Crippen molar-refractivity contribution in [2.45, 2.75) is 12.5 Å². The van der Waals surface area contributed by atoms with Gasteiger partial charge in [-0.2, -0.15) is 11.8 Å². The van der Waals surface area contributed by atoms with Crippen LogP contribution in [0.4, 0.5) is 4.79 Å². The van der Waals surface area contributed by atoms with Crippen LogP contribution in [0.2, 0.25) is 0 Å². The van der Waals surface area contributed by atoms with Gasteiger partial charge in [0, 0.05) is 18.8 Å². The van der Waals surface area contributed by atoms with E-state index in [1.807, 2.05) is 11.8 Å². The van der Waals surface area contributed by atoms with E-state index in [4.69, 9.17) is 0 Å². The summed E-state index contributed by atoms with van der Waals surface area (Å²) in [7, 11) is 3.21. The Hall–Kier alpha value is -0.380. The number of amides is 1. The van der Waals surface area contributed by atoms with Crippen molar-refractivity contribution in [1.82, 2.24) is 4.90 Å². The lowest BCUT2D eigenvalue weighted by Crippen LogP contribution is -2.36. The molecule has 64 valence electrons. The van der Waals surface area contributed by atoms with Crippen molar-refractivity contribution in [2.24, 2.45) is 0 Å². The summed E-state index contributed by atoms with van der Waals surface area (Å²) in [5.41, 5.74) is 0. The Balaban J connectivity index is 2.39. The molecule has 1 heterocycles. The van der Waals surface area contributed by atoms with Gasteiger partial charge < -0.3 is 9.64 Å². The quantitative estimate of drug-likeness (QED) is 0.599. The van der Waals surface area contributed by atoms with Crippen LogP contribution in [0.5, 0.6) is 0 Å². The number of nitrogens with zero attached hydrogens (tertiary/aromatic N) is 1. The van der Waals surface area contributed by atoms with Crippen molar-refractivity contribution >= 4 is 17.9 Å². The smallest absolute Gasteiger partial charge is 0.409 e. The van der Waals surface area contributed by atoms with Crippen LogP contribution in [0.3, 0.4) is 0 Å². The third-order valence-electron chi connectivity index (χ3n) is 1.92. The van der Waals surface area contributed by atoms with E-state index in [-0.39, 0.29) is 6.09 Å². The Morgan fingerprint density at radius 3 is 2.91 bits per heavy atom. The van der Waals surface area contributed by atoms with Crippen molar-refractivity contribution in [3.63, 3.8) is 0 Å². The zero-order chi connectivity index (χ0) is 8.27. The summed E-state index contributed by atoms with van der Waals surface area (Å²) in [6.45, 7) is 0.